The second-order valence-electron chi connectivity index (χ2n) is 12.2. The van der Waals surface area contributed by atoms with Crippen molar-refractivity contribution in [3.8, 4) is 0 Å². The summed E-state index contributed by atoms with van der Waals surface area (Å²) < 4.78 is 11.5. The van der Waals surface area contributed by atoms with Gasteiger partial charge >= 0.3 is 5.97 Å². The normalized spacial score (nSPS) is 15.0. The molecule has 1 aromatic carbocycles. The number of rotatable bonds is 18. The SMILES string of the molecule is CCCO[C@H](C[C@H](C(C)C)N(C)C(=O)[C@@H](C)C(C)C)c1nc(C(=O)N[C@@H](Cc2ccccc2)C[C@H](C)C(=O)OCC)cs1. The van der Waals surface area contributed by atoms with Crippen LogP contribution in [0.2, 0.25) is 0 Å². The second kappa shape index (κ2) is 18.1. The van der Waals surface area contributed by atoms with Crippen LogP contribution in [-0.4, -0.2) is 60.0 Å². The van der Waals surface area contributed by atoms with Crippen molar-refractivity contribution in [1.29, 1.82) is 0 Å². The predicted molar refractivity (Wildman–Crippen MR) is 173 cm³/mol. The van der Waals surface area contributed by atoms with E-state index in [1.54, 1.807) is 12.3 Å². The number of hydrogen-bond donors (Lipinski definition) is 1. The minimum absolute atomic E-state index is 0.0450. The molecule has 1 aromatic heterocycles. The zero-order valence-electron chi connectivity index (χ0n) is 27.6. The van der Waals surface area contributed by atoms with Crippen molar-refractivity contribution in [2.75, 3.05) is 20.3 Å². The zero-order chi connectivity index (χ0) is 32.1. The Labute approximate surface area is 262 Å². The van der Waals surface area contributed by atoms with Gasteiger partial charge in [-0.3, -0.25) is 14.4 Å². The third-order valence-electron chi connectivity index (χ3n) is 8.00. The first-order chi connectivity index (χ1) is 20.4. The van der Waals surface area contributed by atoms with E-state index in [-0.39, 0.29) is 59.6 Å². The maximum atomic E-state index is 13.5. The fourth-order valence-corrected chi connectivity index (χ4v) is 5.92. The minimum atomic E-state index is -0.363. The van der Waals surface area contributed by atoms with Crippen LogP contribution in [0.3, 0.4) is 0 Å². The van der Waals surface area contributed by atoms with Crippen molar-refractivity contribution < 1.29 is 23.9 Å². The van der Waals surface area contributed by atoms with Crippen LogP contribution in [0.4, 0.5) is 0 Å². The number of benzene rings is 1. The van der Waals surface area contributed by atoms with Crippen molar-refractivity contribution in [2.45, 2.75) is 99.3 Å². The van der Waals surface area contributed by atoms with E-state index in [9.17, 15) is 14.4 Å². The van der Waals surface area contributed by atoms with Crippen LogP contribution in [0.15, 0.2) is 35.7 Å². The molecule has 8 nitrogen and oxygen atoms in total. The highest BCUT2D eigenvalue weighted by molar-refractivity contribution is 7.09. The van der Waals surface area contributed by atoms with Crippen LogP contribution in [0.25, 0.3) is 0 Å². The summed E-state index contributed by atoms with van der Waals surface area (Å²) in [4.78, 5) is 45.7. The number of nitrogens with zero attached hydrogens (tertiary/aromatic N) is 2. The van der Waals surface area contributed by atoms with Gasteiger partial charge in [-0.25, -0.2) is 4.98 Å². The number of amides is 2. The molecule has 9 heteroatoms. The van der Waals surface area contributed by atoms with Gasteiger partial charge in [-0.05, 0) is 43.6 Å². The average Bonchev–Trinajstić information content (AvgIpc) is 3.47. The first-order valence-electron chi connectivity index (χ1n) is 15.7. The van der Waals surface area contributed by atoms with Crippen LogP contribution < -0.4 is 5.32 Å². The highest BCUT2D eigenvalue weighted by Gasteiger charge is 2.32. The summed E-state index contributed by atoms with van der Waals surface area (Å²) >= 11 is 1.40. The molecule has 2 aromatic rings. The van der Waals surface area contributed by atoms with E-state index in [0.29, 0.717) is 38.2 Å². The molecule has 0 aliphatic rings. The minimum Gasteiger partial charge on any atom is -0.466 e. The molecule has 0 unspecified atom stereocenters. The summed E-state index contributed by atoms with van der Waals surface area (Å²) in [5.41, 5.74) is 1.40. The molecule has 0 saturated heterocycles. The molecule has 0 spiro atoms. The summed E-state index contributed by atoms with van der Waals surface area (Å²) in [6, 6.07) is 9.58. The number of esters is 1. The zero-order valence-corrected chi connectivity index (χ0v) is 28.4. The summed E-state index contributed by atoms with van der Waals surface area (Å²) in [6.45, 7) is 16.9. The average molecular weight is 616 g/mol. The monoisotopic (exact) mass is 615 g/mol. The number of thiazole rings is 1. The fourth-order valence-electron chi connectivity index (χ4n) is 5.07. The van der Waals surface area contributed by atoms with Crippen LogP contribution >= 0.6 is 11.3 Å². The van der Waals surface area contributed by atoms with Crippen LogP contribution in [0, 0.1) is 23.7 Å². The van der Waals surface area contributed by atoms with Crippen LogP contribution in [0.5, 0.6) is 0 Å². The summed E-state index contributed by atoms with van der Waals surface area (Å²) in [5.74, 6) is -0.405. The molecule has 2 rings (SSSR count). The van der Waals surface area contributed by atoms with Gasteiger partial charge in [-0.2, -0.15) is 0 Å². The Morgan fingerprint density at radius 1 is 0.977 bits per heavy atom. The predicted octanol–water partition coefficient (Wildman–Crippen LogP) is 6.71. The fraction of sp³-hybridized carbons (Fsp3) is 0.647. The lowest BCUT2D eigenvalue weighted by Gasteiger charge is -2.35. The third-order valence-corrected chi connectivity index (χ3v) is 8.94. The van der Waals surface area contributed by atoms with Gasteiger partial charge in [0.15, 0.2) is 0 Å². The lowest BCUT2D eigenvalue weighted by molar-refractivity contribution is -0.147. The van der Waals surface area contributed by atoms with Crippen molar-refractivity contribution >= 4 is 29.1 Å². The van der Waals surface area contributed by atoms with E-state index >= 15 is 0 Å². The number of nitrogens with one attached hydrogen (secondary N) is 1. The molecule has 0 aliphatic heterocycles. The number of ether oxygens (including phenoxy) is 2. The first-order valence-corrected chi connectivity index (χ1v) is 16.6. The van der Waals surface area contributed by atoms with Gasteiger partial charge < -0.3 is 19.7 Å². The van der Waals surface area contributed by atoms with E-state index < -0.39 is 0 Å². The van der Waals surface area contributed by atoms with Gasteiger partial charge in [-0.1, -0.05) is 78.8 Å². The van der Waals surface area contributed by atoms with Gasteiger partial charge in [0, 0.05) is 43.5 Å². The third kappa shape index (κ3) is 11.3. The number of carbonyl (C=O) groups is 3. The molecular weight excluding hydrogens is 562 g/mol. The highest BCUT2D eigenvalue weighted by atomic mass is 32.1. The van der Waals surface area contributed by atoms with Crippen molar-refractivity contribution in [2.24, 2.45) is 23.7 Å². The smallest absolute Gasteiger partial charge is 0.308 e. The number of hydrogen-bond acceptors (Lipinski definition) is 7. The Morgan fingerprint density at radius 3 is 2.23 bits per heavy atom. The highest BCUT2D eigenvalue weighted by Crippen LogP contribution is 2.31. The van der Waals surface area contributed by atoms with Crippen molar-refractivity contribution in [1.82, 2.24) is 15.2 Å². The van der Waals surface area contributed by atoms with Crippen molar-refractivity contribution in [3.63, 3.8) is 0 Å². The maximum absolute atomic E-state index is 13.5. The van der Waals surface area contributed by atoms with Crippen LogP contribution in [0.1, 0.15) is 102 Å². The standard InChI is InChI=1S/C34H53N3O5S/c1-10-17-42-30(20-29(23(5)6)37(9)33(39)25(8)22(3)4)32-36-28(21-43-32)31(38)35-27(18-24(7)34(40)41-11-2)19-26-15-13-12-14-16-26/h12-16,21-25,27,29-30H,10-11,17-20H2,1-9H3,(H,35,38)/t24-,25-,27+,29+,30+/m0/s1. The van der Waals surface area contributed by atoms with E-state index in [1.807, 2.05) is 56.1 Å². The molecule has 0 radical (unpaired) electrons. The lowest BCUT2D eigenvalue weighted by atomic mass is 9.92. The molecule has 1 heterocycles. The molecule has 5 atom stereocenters. The second-order valence-corrected chi connectivity index (χ2v) is 13.1. The van der Waals surface area contributed by atoms with Crippen molar-refractivity contribution in [3.05, 3.63) is 52.0 Å². The Balaban J connectivity index is 2.25. The Kier molecular flexibility index (Phi) is 15.3. The molecule has 240 valence electrons. The largest absolute Gasteiger partial charge is 0.466 e. The molecule has 0 bridgehead atoms. The van der Waals surface area contributed by atoms with Gasteiger partial charge in [-0.15, -0.1) is 11.3 Å². The number of aromatic nitrogens is 1. The van der Waals surface area contributed by atoms with Gasteiger partial charge in [0.2, 0.25) is 5.91 Å². The summed E-state index contributed by atoms with van der Waals surface area (Å²) in [6.07, 6.45) is 2.13. The summed E-state index contributed by atoms with van der Waals surface area (Å²) in [7, 11) is 1.88. The molecule has 0 aliphatic carbocycles. The lowest BCUT2D eigenvalue weighted by Crippen LogP contribution is -2.44. The maximum Gasteiger partial charge on any atom is 0.308 e. The van der Waals surface area contributed by atoms with Gasteiger partial charge in [0.05, 0.1) is 12.5 Å². The molecule has 0 fully saturated rings. The quantitative estimate of drug-likeness (QED) is 0.187. The molecule has 2 amide bonds. The summed E-state index contributed by atoms with van der Waals surface area (Å²) in [5, 5.41) is 5.61. The van der Waals surface area contributed by atoms with E-state index in [4.69, 9.17) is 14.5 Å². The molecule has 1 N–H and O–H groups in total. The van der Waals surface area contributed by atoms with Crippen LogP contribution in [-0.2, 0) is 25.5 Å². The Bertz CT molecular complexity index is 1140. The molecular formula is C34H53N3O5S. The Morgan fingerprint density at radius 2 is 1.65 bits per heavy atom. The van der Waals surface area contributed by atoms with E-state index in [0.717, 1.165) is 17.0 Å². The Hall–Kier alpha value is -2.78. The van der Waals surface area contributed by atoms with E-state index in [2.05, 4.69) is 39.9 Å². The molecule has 43 heavy (non-hydrogen) atoms. The topological polar surface area (TPSA) is 97.8 Å². The van der Waals surface area contributed by atoms with Gasteiger partial charge in [0.1, 0.15) is 16.8 Å². The first kappa shape index (κ1) is 36.4. The van der Waals surface area contributed by atoms with E-state index in [1.165, 1.54) is 11.3 Å². The van der Waals surface area contributed by atoms with Gasteiger partial charge in [0.25, 0.3) is 5.91 Å². The number of carbonyl (C=O) groups excluding carboxylic acids is 3. The molecule has 0 saturated carbocycles.